The summed E-state index contributed by atoms with van der Waals surface area (Å²) in [7, 11) is 0. The molecule has 0 heterocycles. The average Bonchev–Trinajstić information content (AvgIpc) is 3.33. The van der Waals surface area contributed by atoms with E-state index in [4.69, 9.17) is 4.74 Å². The van der Waals surface area contributed by atoms with Gasteiger partial charge in [-0.15, -0.1) is 0 Å². The number of hydrogen-bond donors (Lipinski definition) is 3. The van der Waals surface area contributed by atoms with Gasteiger partial charge in [0.25, 0.3) is 0 Å². The summed E-state index contributed by atoms with van der Waals surface area (Å²) in [5.41, 5.74) is 0. The van der Waals surface area contributed by atoms with Crippen LogP contribution in [0.3, 0.4) is 0 Å². The SMILES string of the molecule is CCCC/C=C\CCCCCCCC(=O)OCCCCCCCCC/C=C\CCCCCCCC(=O)NC(CO)C(O)/C=C/CCCCCCCCCCCCCCCCCCCCCCC. The van der Waals surface area contributed by atoms with Crippen LogP contribution in [0.4, 0.5) is 0 Å². The molecule has 6 nitrogen and oxygen atoms in total. The van der Waals surface area contributed by atoms with Crippen LogP contribution in [0.5, 0.6) is 0 Å². The number of esters is 1. The van der Waals surface area contributed by atoms with E-state index in [1.54, 1.807) is 6.08 Å². The van der Waals surface area contributed by atoms with Crippen molar-refractivity contribution in [3.05, 3.63) is 36.5 Å². The van der Waals surface area contributed by atoms with E-state index >= 15 is 0 Å². The molecule has 0 rings (SSSR count). The molecule has 1 amide bonds. The lowest BCUT2D eigenvalue weighted by atomic mass is 10.0. The van der Waals surface area contributed by atoms with Gasteiger partial charge in [-0.25, -0.2) is 0 Å². The maximum Gasteiger partial charge on any atom is 0.305 e. The zero-order valence-electron chi connectivity index (χ0n) is 44.9. The number of ether oxygens (including phenoxy) is 1. The maximum atomic E-state index is 12.5. The third kappa shape index (κ3) is 53.3. The minimum Gasteiger partial charge on any atom is -0.466 e. The van der Waals surface area contributed by atoms with Gasteiger partial charge in [0.1, 0.15) is 0 Å². The quantitative estimate of drug-likeness (QED) is 0.0321. The molecule has 0 aliphatic rings. The number of carbonyl (C=O) groups excluding carboxylic acids is 2. The molecule has 0 aromatic carbocycles. The summed E-state index contributed by atoms with van der Waals surface area (Å²) in [6.45, 7) is 4.85. The number of allylic oxidation sites excluding steroid dienone is 5. The molecular weight excluding hydrogens is 827 g/mol. The van der Waals surface area contributed by atoms with E-state index in [-0.39, 0.29) is 18.5 Å². The van der Waals surface area contributed by atoms with Gasteiger partial charge in [0.05, 0.1) is 25.4 Å². The van der Waals surface area contributed by atoms with Gasteiger partial charge in [-0.05, 0) is 77.0 Å². The van der Waals surface area contributed by atoms with Crippen LogP contribution in [0, 0.1) is 0 Å². The summed E-state index contributed by atoms with van der Waals surface area (Å²) in [5.74, 6) is -0.0980. The largest absolute Gasteiger partial charge is 0.466 e. The highest BCUT2D eigenvalue weighted by Crippen LogP contribution is 2.17. The fourth-order valence-electron chi connectivity index (χ4n) is 9.02. The van der Waals surface area contributed by atoms with E-state index in [0.717, 1.165) is 64.2 Å². The van der Waals surface area contributed by atoms with Gasteiger partial charge in [0.2, 0.25) is 5.91 Å². The zero-order valence-corrected chi connectivity index (χ0v) is 44.9. The highest BCUT2D eigenvalue weighted by atomic mass is 16.5. The van der Waals surface area contributed by atoms with E-state index in [9.17, 15) is 19.8 Å². The highest BCUT2D eigenvalue weighted by Gasteiger charge is 2.18. The maximum absolute atomic E-state index is 12.5. The Labute approximate surface area is 417 Å². The molecule has 67 heavy (non-hydrogen) atoms. The Bertz CT molecular complexity index is 1090. The predicted molar refractivity (Wildman–Crippen MR) is 292 cm³/mol. The third-order valence-corrected chi connectivity index (χ3v) is 13.6. The molecule has 0 bridgehead atoms. The van der Waals surface area contributed by atoms with Gasteiger partial charge in [0.15, 0.2) is 0 Å². The molecule has 2 unspecified atom stereocenters. The van der Waals surface area contributed by atoms with E-state index < -0.39 is 12.1 Å². The number of nitrogens with one attached hydrogen (secondary N) is 1. The molecule has 0 aromatic rings. The van der Waals surface area contributed by atoms with Crippen molar-refractivity contribution in [1.29, 1.82) is 0 Å². The van der Waals surface area contributed by atoms with Crippen LogP contribution in [0.25, 0.3) is 0 Å². The predicted octanol–water partition coefficient (Wildman–Crippen LogP) is 18.4. The van der Waals surface area contributed by atoms with Gasteiger partial charge in [-0.1, -0.05) is 262 Å². The number of aliphatic hydroxyl groups is 2. The van der Waals surface area contributed by atoms with Crippen LogP contribution in [-0.4, -0.2) is 47.4 Å². The molecular formula is C61H115NO5. The molecule has 0 fully saturated rings. The number of amides is 1. The van der Waals surface area contributed by atoms with Crippen LogP contribution in [-0.2, 0) is 14.3 Å². The molecule has 0 aliphatic carbocycles. The number of aliphatic hydroxyl groups excluding tert-OH is 2. The molecule has 394 valence electrons. The Balaban J connectivity index is 3.51. The first kappa shape index (κ1) is 65.1. The summed E-state index contributed by atoms with van der Waals surface area (Å²) >= 11 is 0. The topological polar surface area (TPSA) is 95.9 Å². The van der Waals surface area contributed by atoms with Crippen molar-refractivity contribution < 1.29 is 24.5 Å². The number of hydrogen-bond acceptors (Lipinski definition) is 5. The summed E-state index contributed by atoms with van der Waals surface area (Å²) in [6.07, 6.45) is 70.3. The summed E-state index contributed by atoms with van der Waals surface area (Å²) in [5, 5.41) is 23.2. The standard InChI is InChI=1S/C61H115NO5/c1-3-5-7-9-11-13-15-16-17-18-19-20-21-22-23-24-27-30-34-37-41-45-49-53-59(64)58(57-63)62-60(65)54-50-46-42-38-35-31-28-25-26-29-32-36-40-44-48-52-56-67-61(66)55-51-47-43-39-33-14-12-10-8-6-4-2/h10,12,25,28,49,53,58-59,63-64H,3-9,11,13-24,26-27,29-48,50-52,54-57H2,1-2H3,(H,62,65)/b12-10-,28-25-,53-49+. The van der Waals surface area contributed by atoms with Gasteiger partial charge < -0.3 is 20.3 Å². The van der Waals surface area contributed by atoms with Crippen LogP contribution in [0.2, 0.25) is 0 Å². The minimum atomic E-state index is -0.856. The van der Waals surface area contributed by atoms with Gasteiger partial charge in [0, 0.05) is 12.8 Å². The summed E-state index contributed by atoms with van der Waals surface area (Å²) in [6, 6.07) is -0.642. The Hall–Kier alpha value is -1.92. The highest BCUT2D eigenvalue weighted by molar-refractivity contribution is 5.76. The smallest absolute Gasteiger partial charge is 0.305 e. The van der Waals surface area contributed by atoms with Crippen LogP contribution in [0.15, 0.2) is 36.5 Å². The Morgan fingerprint density at radius 3 is 1.10 bits per heavy atom. The Kier molecular flexibility index (Phi) is 55.0. The van der Waals surface area contributed by atoms with Gasteiger partial charge in [-0.2, -0.15) is 0 Å². The van der Waals surface area contributed by atoms with Gasteiger partial charge >= 0.3 is 5.97 Å². The third-order valence-electron chi connectivity index (χ3n) is 13.6. The minimum absolute atomic E-state index is 0.0149. The van der Waals surface area contributed by atoms with E-state index in [0.29, 0.717) is 19.4 Å². The van der Waals surface area contributed by atoms with Crippen LogP contribution in [0.1, 0.15) is 316 Å². The first-order valence-electron chi connectivity index (χ1n) is 29.8. The molecule has 6 heteroatoms. The lowest BCUT2D eigenvalue weighted by molar-refractivity contribution is -0.143. The zero-order chi connectivity index (χ0) is 48.6. The van der Waals surface area contributed by atoms with E-state index in [2.05, 4.69) is 43.5 Å². The molecule has 0 saturated heterocycles. The summed E-state index contributed by atoms with van der Waals surface area (Å²) < 4.78 is 5.44. The monoisotopic (exact) mass is 942 g/mol. The average molecular weight is 943 g/mol. The Morgan fingerprint density at radius 1 is 0.403 bits per heavy atom. The fourth-order valence-corrected chi connectivity index (χ4v) is 9.02. The molecule has 0 radical (unpaired) electrons. The van der Waals surface area contributed by atoms with Crippen LogP contribution >= 0.6 is 0 Å². The molecule has 0 saturated carbocycles. The molecule has 0 spiro atoms. The number of carbonyl (C=O) groups is 2. The summed E-state index contributed by atoms with van der Waals surface area (Å²) in [4.78, 5) is 24.5. The van der Waals surface area contributed by atoms with Crippen molar-refractivity contribution in [3.8, 4) is 0 Å². The van der Waals surface area contributed by atoms with E-state index in [1.165, 1.54) is 225 Å². The van der Waals surface area contributed by atoms with Crippen molar-refractivity contribution in [2.45, 2.75) is 328 Å². The number of rotatable bonds is 55. The first-order valence-corrected chi connectivity index (χ1v) is 29.8. The van der Waals surface area contributed by atoms with Crippen molar-refractivity contribution >= 4 is 11.9 Å². The molecule has 0 aromatic heterocycles. The lowest BCUT2D eigenvalue weighted by Gasteiger charge is -2.20. The molecule has 2 atom stereocenters. The second-order valence-corrected chi connectivity index (χ2v) is 20.3. The van der Waals surface area contributed by atoms with Gasteiger partial charge in [-0.3, -0.25) is 9.59 Å². The Morgan fingerprint density at radius 2 is 0.716 bits per heavy atom. The van der Waals surface area contributed by atoms with Crippen molar-refractivity contribution in [1.82, 2.24) is 5.32 Å². The second kappa shape index (κ2) is 56.7. The van der Waals surface area contributed by atoms with Crippen LogP contribution < -0.4 is 5.32 Å². The van der Waals surface area contributed by atoms with E-state index in [1.807, 2.05) is 6.08 Å². The first-order chi connectivity index (χ1) is 33.0. The molecule has 3 N–H and O–H groups in total. The fraction of sp³-hybridized carbons (Fsp3) is 0.869. The van der Waals surface area contributed by atoms with Crippen molar-refractivity contribution in [2.24, 2.45) is 0 Å². The second-order valence-electron chi connectivity index (χ2n) is 20.3. The molecule has 0 aliphatic heterocycles. The van der Waals surface area contributed by atoms with Crippen molar-refractivity contribution in [2.75, 3.05) is 13.2 Å². The van der Waals surface area contributed by atoms with Crippen molar-refractivity contribution in [3.63, 3.8) is 0 Å². The lowest BCUT2D eigenvalue weighted by Crippen LogP contribution is -2.45. The number of unbranched alkanes of at least 4 members (excludes halogenated alkanes) is 40. The normalized spacial score (nSPS) is 12.8.